The maximum absolute atomic E-state index is 6.42. The van der Waals surface area contributed by atoms with E-state index in [1.54, 1.807) is 7.11 Å². The summed E-state index contributed by atoms with van der Waals surface area (Å²) in [6.07, 6.45) is 0. The maximum atomic E-state index is 6.42. The van der Waals surface area contributed by atoms with E-state index < -0.39 is 0 Å². The number of methoxy groups -OCH3 is 1. The average molecular weight is 285 g/mol. The summed E-state index contributed by atoms with van der Waals surface area (Å²) in [6.45, 7) is 9.80. The Morgan fingerprint density at radius 3 is 2.63 bits per heavy atom. The van der Waals surface area contributed by atoms with Gasteiger partial charge < -0.3 is 15.0 Å². The van der Waals surface area contributed by atoms with Crippen molar-refractivity contribution in [1.29, 1.82) is 0 Å². The molecule has 0 atom stereocenters. The van der Waals surface area contributed by atoms with Crippen LogP contribution in [0.5, 0.6) is 0 Å². The number of hydrogen-bond acceptors (Lipinski definition) is 3. The lowest BCUT2D eigenvalue weighted by molar-refractivity contribution is 0.204. The van der Waals surface area contributed by atoms with Crippen LogP contribution in [-0.2, 0) is 11.3 Å². The molecule has 0 amide bonds. The third-order valence-corrected chi connectivity index (χ3v) is 3.36. The number of nitrogens with one attached hydrogen (secondary N) is 1. The Kier molecular flexibility index (Phi) is 7.21. The summed E-state index contributed by atoms with van der Waals surface area (Å²) in [6, 6.07) is 6.67. The molecule has 0 aliphatic rings. The number of anilines is 1. The van der Waals surface area contributed by atoms with Gasteiger partial charge in [-0.25, -0.2) is 0 Å². The second-order valence-electron chi connectivity index (χ2n) is 4.85. The third-order valence-electron chi connectivity index (χ3n) is 3.06. The highest BCUT2D eigenvalue weighted by Gasteiger charge is 2.13. The van der Waals surface area contributed by atoms with Crippen LogP contribution in [-0.4, -0.2) is 32.8 Å². The SMILES string of the molecule is CCNCc1ccc(N(CCOC)C(C)C)c(Cl)c1. The first-order valence-electron chi connectivity index (χ1n) is 6.84. The second-order valence-corrected chi connectivity index (χ2v) is 5.25. The minimum absolute atomic E-state index is 0.396. The highest BCUT2D eigenvalue weighted by atomic mass is 35.5. The standard InChI is InChI=1S/C15H25ClN2O/c1-5-17-11-13-6-7-15(14(16)10-13)18(12(2)3)8-9-19-4/h6-7,10,12,17H,5,8-9,11H2,1-4H3. The highest BCUT2D eigenvalue weighted by molar-refractivity contribution is 6.33. The summed E-state index contributed by atoms with van der Waals surface area (Å²) in [4.78, 5) is 2.27. The fraction of sp³-hybridized carbons (Fsp3) is 0.600. The Balaban J connectivity index is 2.85. The number of halogens is 1. The first kappa shape index (κ1) is 16.3. The first-order chi connectivity index (χ1) is 9.10. The summed E-state index contributed by atoms with van der Waals surface area (Å²) in [7, 11) is 1.72. The molecular weight excluding hydrogens is 260 g/mol. The molecule has 4 heteroatoms. The van der Waals surface area contributed by atoms with Crippen molar-refractivity contribution in [1.82, 2.24) is 5.32 Å². The van der Waals surface area contributed by atoms with Gasteiger partial charge in [-0.2, -0.15) is 0 Å². The molecule has 3 nitrogen and oxygen atoms in total. The van der Waals surface area contributed by atoms with E-state index in [1.807, 2.05) is 6.07 Å². The van der Waals surface area contributed by atoms with Crippen LogP contribution in [0.4, 0.5) is 5.69 Å². The average Bonchev–Trinajstić information content (AvgIpc) is 2.38. The van der Waals surface area contributed by atoms with E-state index in [0.717, 1.165) is 30.3 Å². The molecule has 0 fully saturated rings. The molecule has 0 unspecified atom stereocenters. The molecule has 0 bridgehead atoms. The van der Waals surface area contributed by atoms with Crippen LogP contribution >= 0.6 is 11.6 Å². The van der Waals surface area contributed by atoms with Crippen LogP contribution in [0.1, 0.15) is 26.3 Å². The van der Waals surface area contributed by atoms with Crippen molar-refractivity contribution in [2.24, 2.45) is 0 Å². The van der Waals surface area contributed by atoms with Crippen LogP contribution < -0.4 is 10.2 Å². The van der Waals surface area contributed by atoms with Crippen molar-refractivity contribution in [3.63, 3.8) is 0 Å². The van der Waals surface area contributed by atoms with Crippen LogP contribution in [0, 0.1) is 0 Å². The van der Waals surface area contributed by atoms with Gasteiger partial charge in [0, 0.05) is 26.2 Å². The summed E-state index contributed by atoms with van der Waals surface area (Å²) in [5.41, 5.74) is 2.29. The monoisotopic (exact) mass is 284 g/mol. The smallest absolute Gasteiger partial charge is 0.0642 e. The van der Waals surface area contributed by atoms with Crippen molar-refractivity contribution in [2.45, 2.75) is 33.4 Å². The Bertz CT molecular complexity index is 382. The Hall–Kier alpha value is -0.770. The minimum atomic E-state index is 0.396. The topological polar surface area (TPSA) is 24.5 Å². The Labute approximate surface area is 121 Å². The predicted molar refractivity (Wildman–Crippen MR) is 83.2 cm³/mol. The van der Waals surface area contributed by atoms with Gasteiger partial charge in [0.1, 0.15) is 0 Å². The molecule has 0 spiro atoms. The van der Waals surface area contributed by atoms with Gasteiger partial charge in [0.15, 0.2) is 0 Å². The van der Waals surface area contributed by atoms with Gasteiger partial charge in [0.2, 0.25) is 0 Å². The first-order valence-corrected chi connectivity index (χ1v) is 7.22. The molecule has 19 heavy (non-hydrogen) atoms. The Morgan fingerprint density at radius 2 is 2.11 bits per heavy atom. The summed E-state index contributed by atoms with van der Waals surface area (Å²) in [5.74, 6) is 0. The summed E-state index contributed by atoms with van der Waals surface area (Å²) in [5, 5.41) is 4.11. The molecule has 0 aliphatic carbocycles. The van der Waals surface area contributed by atoms with Gasteiger partial charge in [-0.05, 0) is 38.1 Å². The van der Waals surface area contributed by atoms with Crippen molar-refractivity contribution in [3.05, 3.63) is 28.8 Å². The normalized spacial score (nSPS) is 11.1. The van der Waals surface area contributed by atoms with Gasteiger partial charge in [0.25, 0.3) is 0 Å². The summed E-state index contributed by atoms with van der Waals surface area (Å²) >= 11 is 6.42. The predicted octanol–water partition coefficient (Wildman–Crippen LogP) is 3.31. The highest BCUT2D eigenvalue weighted by Crippen LogP contribution is 2.28. The molecule has 0 heterocycles. The molecule has 0 radical (unpaired) electrons. The van der Waals surface area contributed by atoms with Crippen LogP contribution in [0.3, 0.4) is 0 Å². The lowest BCUT2D eigenvalue weighted by Crippen LogP contribution is -2.34. The second kappa shape index (κ2) is 8.41. The van der Waals surface area contributed by atoms with E-state index in [0.29, 0.717) is 12.6 Å². The van der Waals surface area contributed by atoms with Crippen molar-refractivity contribution in [2.75, 3.05) is 31.7 Å². The van der Waals surface area contributed by atoms with E-state index in [-0.39, 0.29) is 0 Å². The fourth-order valence-corrected chi connectivity index (χ4v) is 2.32. The van der Waals surface area contributed by atoms with Crippen LogP contribution in [0.25, 0.3) is 0 Å². The molecule has 1 aromatic carbocycles. The molecule has 0 saturated heterocycles. The van der Waals surface area contributed by atoms with Crippen molar-refractivity contribution < 1.29 is 4.74 Å². The molecule has 108 valence electrons. The van der Waals surface area contributed by atoms with E-state index in [2.05, 4.69) is 43.1 Å². The molecule has 0 saturated carbocycles. The maximum Gasteiger partial charge on any atom is 0.0642 e. The van der Waals surface area contributed by atoms with Gasteiger partial charge in [0.05, 0.1) is 17.3 Å². The number of nitrogens with zero attached hydrogens (tertiary/aromatic N) is 1. The van der Waals surface area contributed by atoms with E-state index in [4.69, 9.17) is 16.3 Å². The molecule has 0 aliphatic heterocycles. The van der Waals surface area contributed by atoms with Crippen molar-refractivity contribution in [3.8, 4) is 0 Å². The van der Waals surface area contributed by atoms with Gasteiger partial charge in [-0.15, -0.1) is 0 Å². The van der Waals surface area contributed by atoms with Gasteiger partial charge in [-0.1, -0.05) is 24.6 Å². The minimum Gasteiger partial charge on any atom is -0.383 e. The summed E-state index contributed by atoms with van der Waals surface area (Å²) < 4.78 is 5.17. The third kappa shape index (κ3) is 5.01. The van der Waals surface area contributed by atoms with Crippen LogP contribution in [0.2, 0.25) is 5.02 Å². The molecular formula is C15H25ClN2O. The molecule has 1 aromatic rings. The number of hydrogen-bond donors (Lipinski definition) is 1. The fourth-order valence-electron chi connectivity index (χ4n) is 2.01. The number of benzene rings is 1. The zero-order valence-electron chi connectivity index (χ0n) is 12.4. The number of rotatable bonds is 8. The Morgan fingerprint density at radius 1 is 1.37 bits per heavy atom. The zero-order valence-corrected chi connectivity index (χ0v) is 13.1. The molecule has 0 aromatic heterocycles. The van der Waals surface area contributed by atoms with E-state index in [9.17, 15) is 0 Å². The molecule has 1 N–H and O–H groups in total. The van der Waals surface area contributed by atoms with Crippen molar-refractivity contribution >= 4 is 17.3 Å². The van der Waals surface area contributed by atoms with Crippen LogP contribution in [0.15, 0.2) is 18.2 Å². The lowest BCUT2D eigenvalue weighted by atomic mass is 10.1. The van der Waals surface area contributed by atoms with E-state index >= 15 is 0 Å². The number of ether oxygens (including phenoxy) is 1. The largest absolute Gasteiger partial charge is 0.383 e. The van der Waals surface area contributed by atoms with E-state index in [1.165, 1.54) is 5.56 Å². The lowest BCUT2D eigenvalue weighted by Gasteiger charge is -2.29. The van der Waals surface area contributed by atoms with Gasteiger partial charge >= 0.3 is 0 Å². The molecule has 1 rings (SSSR count). The quantitative estimate of drug-likeness (QED) is 0.793. The zero-order chi connectivity index (χ0) is 14.3. The van der Waals surface area contributed by atoms with Gasteiger partial charge in [-0.3, -0.25) is 0 Å².